The van der Waals surface area contributed by atoms with Gasteiger partial charge in [0.25, 0.3) is 0 Å². The molecule has 2 fully saturated rings. The first-order valence-electron chi connectivity index (χ1n) is 6.88. The van der Waals surface area contributed by atoms with Gasteiger partial charge in [-0.05, 0) is 38.9 Å². The number of rotatable bonds is 1. The monoisotopic (exact) mass is 269 g/mol. The molecule has 18 heavy (non-hydrogen) atoms. The largest absolute Gasteiger partial charge is 0.360 e. The summed E-state index contributed by atoms with van der Waals surface area (Å²) in [6.45, 7) is 5.32. The maximum absolute atomic E-state index is 11.9. The molecule has 0 atom stereocenters. The number of hydrogen-bond acceptors (Lipinski definition) is 2. The van der Waals surface area contributed by atoms with Crippen molar-refractivity contribution in [3.05, 3.63) is 0 Å². The summed E-state index contributed by atoms with van der Waals surface area (Å²) in [6, 6.07) is 0.493. The molecular weight excluding hydrogens is 246 g/mol. The molecule has 2 aliphatic rings. The molecule has 1 amide bonds. The van der Waals surface area contributed by atoms with E-state index in [-0.39, 0.29) is 5.91 Å². The fraction of sp³-hybridized carbons (Fsp3) is 0.846. The van der Waals surface area contributed by atoms with Crippen molar-refractivity contribution in [1.82, 2.24) is 15.5 Å². The Morgan fingerprint density at radius 1 is 1.39 bits per heavy atom. The van der Waals surface area contributed by atoms with Crippen molar-refractivity contribution in [2.45, 2.75) is 57.5 Å². The van der Waals surface area contributed by atoms with Crippen molar-refractivity contribution in [2.24, 2.45) is 0 Å². The molecule has 0 radical (unpaired) electrons. The van der Waals surface area contributed by atoms with E-state index in [0.717, 1.165) is 11.7 Å². The Morgan fingerprint density at radius 2 is 2.06 bits per heavy atom. The van der Waals surface area contributed by atoms with Gasteiger partial charge >= 0.3 is 0 Å². The Labute approximate surface area is 114 Å². The molecule has 0 unspecified atom stereocenters. The van der Waals surface area contributed by atoms with Gasteiger partial charge < -0.3 is 15.5 Å². The van der Waals surface area contributed by atoms with Gasteiger partial charge in [0.05, 0.1) is 0 Å². The SMILES string of the molecule is CC1(C)C(=O)NCCN1C(=S)NC1CCCCC1. The molecule has 4 nitrogen and oxygen atoms in total. The molecule has 1 heterocycles. The molecule has 1 aliphatic heterocycles. The molecule has 2 N–H and O–H groups in total. The zero-order valence-electron chi connectivity index (χ0n) is 11.3. The van der Waals surface area contributed by atoms with Crippen LogP contribution in [0.4, 0.5) is 0 Å². The summed E-state index contributed by atoms with van der Waals surface area (Å²) in [7, 11) is 0. The van der Waals surface area contributed by atoms with E-state index in [1.807, 2.05) is 18.7 Å². The highest BCUT2D eigenvalue weighted by Gasteiger charge is 2.39. The van der Waals surface area contributed by atoms with Gasteiger partial charge in [0, 0.05) is 19.1 Å². The fourth-order valence-electron chi connectivity index (χ4n) is 2.75. The summed E-state index contributed by atoms with van der Waals surface area (Å²) >= 11 is 5.49. The second kappa shape index (κ2) is 5.43. The van der Waals surface area contributed by atoms with E-state index >= 15 is 0 Å². The van der Waals surface area contributed by atoms with Crippen molar-refractivity contribution in [1.29, 1.82) is 0 Å². The van der Waals surface area contributed by atoms with Gasteiger partial charge in [0.15, 0.2) is 5.11 Å². The third-order valence-corrected chi connectivity index (χ3v) is 4.37. The van der Waals surface area contributed by atoms with Crippen LogP contribution in [0.3, 0.4) is 0 Å². The maximum Gasteiger partial charge on any atom is 0.245 e. The van der Waals surface area contributed by atoms with Crippen LogP contribution >= 0.6 is 12.2 Å². The molecule has 102 valence electrons. The van der Waals surface area contributed by atoms with Crippen LogP contribution in [0.5, 0.6) is 0 Å². The molecule has 1 aliphatic carbocycles. The van der Waals surface area contributed by atoms with Crippen LogP contribution < -0.4 is 10.6 Å². The zero-order chi connectivity index (χ0) is 13.2. The van der Waals surface area contributed by atoms with Crippen molar-refractivity contribution >= 4 is 23.2 Å². The van der Waals surface area contributed by atoms with Gasteiger partial charge in [-0.1, -0.05) is 19.3 Å². The van der Waals surface area contributed by atoms with Crippen LogP contribution in [0.2, 0.25) is 0 Å². The maximum atomic E-state index is 11.9. The fourth-order valence-corrected chi connectivity index (χ4v) is 3.24. The third kappa shape index (κ3) is 2.76. The van der Waals surface area contributed by atoms with Gasteiger partial charge in [-0.3, -0.25) is 4.79 Å². The number of carbonyl (C=O) groups is 1. The molecule has 0 aromatic rings. The minimum Gasteiger partial charge on any atom is -0.360 e. The van der Waals surface area contributed by atoms with Crippen molar-refractivity contribution in [3.8, 4) is 0 Å². The molecule has 0 aromatic carbocycles. The normalized spacial score (nSPS) is 24.6. The summed E-state index contributed by atoms with van der Waals surface area (Å²) in [4.78, 5) is 13.9. The molecule has 2 rings (SSSR count). The summed E-state index contributed by atoms with van der Waals surface area (Å²) in [5.74, 6) is 0.0570. The average Bonchev–Trinajstić information content (AvgIpc) is 2.33. The topological polar surface area (TPSA) is 44.4 Å². The third-order valence-electron chi connectivity index (χ3n) is 4.03. The summed E-state index contributed by atoms with van der Waals surface area (Å²) < 4.78 is 0. The standard InChI is InChI=1S/C13H23N3OS/c1-13(2)11(17)14-8-9-16(13)12(18)15-10-6-4-3-5-7-10/h10H,3-9H2,1-2H3,(H,14,17)(H,15,18). The second-order valence-corrected chi connectivity index (χ2v) is 6.14. The predicted octanol–water partition coefficient (Wildman–Crippen LogP) is 1.40. The average molecular weight is 269 g/mol. The smallest absolute Gasteiger partial charge is 0.245 e. The van der Waals surface area contributed by atoms with Crippen LogP contribution in [0.15, 0.2) is 0 Å². The Hall–Kier alpha value is -0.840. The number of amides is 1. The molecular formula is C13H23N3OS. The van der Waals surface area contributed by atoms with Gasteiger partial charge in [-0.2, -0.15) is 0 Å². The first-order chi connectivity index (χ1) is 8.51. The number of carbonyl (C=O) groups excluding carboxylic acids is 1. The van der Waals surface area contributed by atoms with E-state index < -0.39 is 5.54 Å². The first-order valence-corrected chi connectivity index (χ1v) is 7.29. The van der Waals surface area contributed by atoms with E-state index in [1.54, 1.807) is 0 Å². The van der Waals surface area contributed by atoms with E-state index in [2.05, 4.69) is 10.6 Å². The second-order valence-electron chi connectivity index (χ2n) is 5.75. The molecule has 0 aromatic heterocycles. The van der Waals surface area contributed by atoms with Gasteiger partial charge in [-0.15, -0.1) is 0 Å². The Morgan fingerprint density at radius 3 is 2.72 bits per heavy atom. The Balaban J connectivity index is 1.96. The summed E-state index contributed by atoms with van der Waals surface area (Å²) in [5, 5.41) is 7.07. The van der Waals surface area contributed by atoms with Crippen LogP contribution in [-0.2, 0) is 4.79 Å². The number of nitrogens with zero attached hydrogens (tertiary/aromatic N) is 1. The molecule has 1 saturated heterocycles. The lowest BCUT2D eigenvalue weighted by molar-refractivity contribution is -0.132. The summed E-state index contributed by atoms with van der Waals surface area (Å²) in [5.41, 5.74) is -0.545. The number of nitrogens with one attached hydrogen (secondary N) is 2. The lowest BCUT2D eigenvalue weighted by atomic mass is 9.95. The molecule has 5 heteroatoms. The Kier molecular flexibility index (Phi) is 4.10. The number of thiocarbonyl (C=S) groups is 1. The highest BCUT2D eigenvalue weighted by atomic mass is 32.1. The van der Waals surface area contributed by atoms with Crippen LogP contribution in [0, 0.1) is 0 Å². The molecule has 0 bridgehead atoms. The van der Waals surface area contributed by atoms with Crippen LogP contribution in [0.25, 0.3) is 0 Å². The minimum atomic E-state index is -0.545. The van der Waals surface area contributed by atoms with Crippen molar-refractivity contribution in [3.63, 3.8) is 0 Å². The first kappa shape index (κ1) is 13.6. The Bertz CT molecular complexity index is 337. The highest BCUT2D eigenvalue weighted by molar-refractivity contribution is 7.80. The van der Waals surface area contributed by atoms with E-state index in [1.165, 1.54) is 32.1 Å². The van der Waals surface area contributed by atoms with Crippen molar-refractivity contribution < 1.29 is 4.79 Å². The van der Waals surface area contributed by atoms with Gasteiger partial charge in [0.2, 0.25) is 5.91 Å². The molecule has 0 spiro atoms. The van der Waals surface area contributed by atoms with Gasteiger partial charge in [-0.25, -0.2) is 0 Å². The van der Waals surface area contributed by atoms with Crippen LogP contribution in [0.1, 0.15) is 46.0 Å². The van der Waals surface area contributed by atoms with Crippen LogP contribution in [-0.4, -0.2) is 40.6 Å². The van der Waals surface area contributed by atoms with Crippen molar-refractivity contribution in [2.75, 3.05) is 13.1 Å². The number of hydrogen-bond donors (Lipinski definition) is 2. The lowest BCUT2D eigenvalue weighted by Crippen LogP contribution is -2.65. The van der Waals surface area contributed by atoms with E-state index in [0.29, 0.717) is 12.6 Å². The minimum absolute atomic E-state index is 0.0570. The number of piperazine rings is 1. The highest BCUT2D eigenvalue weighted by Crippen LogP contribution is 2.21. The quantitative estimate of drug-likeness (QED) is 0.706. The zero-order valence-corrected chi connectivity index (χ0v) is 12.1. The summed E-state index contributed by atoms with van der Waals surface area (Å²) in [6.07, 6.45) is 6.29. The molecule has 1 saturated carbocycles. The van der Waals surface area contributed by atoms with Gasteiger partial charge in [0.1, 0.15) is 5.54 Å². The predicted molar refractivity (Wildman–Crippen MR) is 76.4 cm³/mol. The lowest BCUT2D eigenvalue weighted by Gasteiger charge is -2.43. The van der Waals surface area contributed by atoms with E-state index in [9.17, 15) is 4.79 Å². The van der Waals surface area contributed by atoms with E-state index in [4.69, 9.17) is 12.2 Å².